The lowest BCUT2D eigenvalue weighted by molar-refractivity contribution is -0.111. The molecule has 0 unspecified atom stereocenters. The van der Waals surface area contributed by atoms with Crippen molar-refractivity contribution in [2.24, 2.45) is 17.8 Å². The fourth-order valence-electron chi connectivity index (χ4n) is 6.44. The van der Waals surface area contributed by atoms with Gasteiger partial charge in [-0.3, -0.25) is 0 Å². The van der Waals surface area contributed by atoms with Gasteiger partial charge in [-0.15, -0.1) is 0 Å². The Labute approximate surface area is 194 Å². The molecular formula is C28H33F2NO2. The number of phenols is 1. The minimum atomic E-state index is -2.51. The number of hydrogen-bond acceptors (Lipinski definition) is 3. The van der Waals surface area contributed by atoms with Crippen LogP contribution in [0.3, 0.4) is 0 Å². The number of carbonyl (C=O) groups excluding carboxylic acids is 1. The normalized spacial score (nSPS) is 26.1. The first kappa shape index (κ1) is 22.4. The number of phenolic OH excluding ortho intramolecular Hbond substituents is 1. The molecule has 2 aromatic rings. The lowest BCUT2D eigenvalue weighted by Crippen LogP contribution is -2.34. The molecule has 1 heterocycles. The average Bonchev–Trinajstić information content (AvgIpc) is 2.83. The van der Waals surface area contributed by atoms with Crippen molar-refractivity contribution in [2.75, 3.05) is 18.0 Å². The summed E-state index contributed by atoms with van der Waals surface area (Å²) in [4.78, 5) is 13.4. The van der Waals surface area contributed by atoms with Crippen LogP contribution in [-0.2, 0) is 11.2 Å². The molecule has 1 N–H and O–H groups in total. The van der Waals surface area contributed by atoms with E-state index in [4.69, 9.17) is 0 Å². The van der Waals surface area contributed by atoms with E-state index in [9.17, 15) is 18.7 Å². The molecule has 5 heteroatoms. The van der Waals surface area contributed by atoms with E-state index < -0.39 is 5.92 Å². The molecule has 0 radical (unpaired) electrons. The van der Waals surface area contributed by atoms with E-state index >= 15 is 0 Å². The highest BCUT2D eigenvalue weighted by Crippen LogP contribution is 2.50. The molecule has 2 aromatic carbocycles. The first-order chi connectivity index (χ1) is 15.9. The van der Waals surface area contributed by atoms with E-state index in [1.54, 1.807) is 6.07 Å². The maximum absolute atomic E-state index is 13.9. The molecule has 2 fully saturated rings. The van der Waals surface area contributed by atoms with Gasteiger partial charge in [-0.25, -0.2) is 8.78 Å². The number of aldehydes is 1. The number of carbonyl (C=O) groups is 1. The second kappa shape index (κ2) is 9.08. The Morgan fingerprint density at radius 3 is 2.30 bits per heavy atom. The van der Waals surface area contributed by atoms with Gasteiger partial charge in [-0.1, -0.05) is 18.2 Å². The van der Waals surface area contributed by atoms with Gasteiger partial charge in [0.15, 0.2) is 0 Å². The minimum Gasteiger partial charge on any atom is -0.508 e. The van der Waals surface area contributed by atoms with Crippen molar-refractivity contribution < 1.29 is 18.7 Å². The van der Waals surface area contributed by atoms with Crippen molar-refractivity contribution in [3.63, 3.8) is 0 Å². The average molecular weight is 454 g/mol. The lowest BCUT2D eigenvalue weighted by atomic mass is 9.64. The molecule has 2 aliphatic carbocycles. The van der Waals surface area contributed by atoms with Gasteiger partial charge in [0.25, 0.3) is 0 Å². The Balaban J connectivity index is 1.42. The molecule has 3 aliphatic rings. The van der Waals surface area contributed by atoms with Gasteiger partial charge in [0, 0.05) is 43.5 Å². The van der Waals surface area contributed by atoms with Crippen LogP contribution in [0, 0.1) is 17.8 Å². The second-order valence-electron chi connectivity index (χ2n) is 10.3. The molecule has 1 aliphatic heterocycles. The topological polar surface area (TPSA) is 40.5 Å². The zero-order valence-corrected chi connectivity index (χ0v) is 19.1. The van der Waals surface area contributed by atoms with Gasteiger partial charge in [0.1, 0.15) is 12.0 Å². The Kier molecular flexibility index (Phi) is 6.15. The van der Waals surface area contributed by atoms with Crippen molar-refractivity contribution in [1.29, 1.82) is 0 Å². The number of aromatic hydroxyl groups is 1. The Morgan fingerprint density at radius 2 is 1.64 bits per heavy atom. The molecule has 0 aromatic heterocycles. The summed E-state index contributed by atoms with van der Waals surface area (Å²) in [6.07, 6.45) is 5.92. The highest BCUT2D eigenvalue weighted by molar-refractivity contribution is 5.56. The molecule has 3 nitrogen and oxygen atoms in total. The van der Waals surface area contributed by atoms with Crippen LogP contribution in [0.4, 0.5) is 14.5 Å². The van der Waals surface area contributed by atoms with Crippen LogP contribution >= 0.6 is 0 Å². The summed E-state index contributed by atoms with van der Waals surface area (Å²) in [6.45, 7) is 1.79. The quantitative estimate of drug-likeness (QED) is 0.550. The largest absolute Gasteiger partial charge is 0.508 e. The number of rotatable bonds is 4. The summed E-state index contributed by atoms with van der Waals surface area (Å²) in [5.74, 6) is -1.23. The fraction of sp³-hybridized carbons (Fsp3) is 0.536. The number of hydrogen-bond donors (Lipinski definition) is 1. The van der Waals surface area contributed by atoms with Crippen LogP contribution in [-0.4, -0.2) is 30.4 Å². The summed E-state index contributed by atoms with van der Waals surface area (Å²) in [5, 5.41) is 10.0. The number of anilines is 1. The summed E-state index contributed by atoms with van der Waals surface area (Å²) < 4.78 is 27.7. The lowest BCUT2D eigenvalue weighted by Gasteiger charge is -2.42. The van der Waals surface area contributed by atoms with Crippen LogP contribution in [0.25, 0.3) is 0 Å². The van der Waals surface area contributed by atoms with Gasteiger partial charge in [0.2, 0.25) is 5.92 Å². The molecule has 0 amide bonds. The molecule has 2 atom stereocenters. The highest BCUT2D eigenvalue weighted by Gasteiger charge is 2.42. The third-order valence-corrected chi connectivity index (χ3v) is 8.35. The maximum Gasteiger partial charge on any atom is 0.248 e. The molecule has 0 spiro atoms. The van der Waals surface area contributed by atoms with E-state index in [0.29, 0.717) is 24.7 Å². The van der Waals surface area contributed by atoms with Crippen LogP contribution in [0.1, 0.15) is 67.6 Å². The van der Waals surface area contributed by atoms with Gasteiger partial charge in [0.05, 0.1) is 0 Å². The number of benzene rings is 2. The smallest absolute Gasteiger partial charge is 0.248 e. The molecule has 33 heavy (non-hydrogen) atoms. The number of halogens is 2. The molecule has 1 saturated heterocycles. The predicted molar refractivity (Wildman–Crippen MR) is 126 cm³/mol. The SMILES string of the molecule is O=CC1CCN(c2ccc([C@H]3c4ccc(O)cc4CC[C@H]3C3CCC(F)(F)CC3)cc2)CC1. The monoisotopic (exact) mass is 453 g/mol. The first-order valence-corrected chi connectivity index (χ1v) is 12.4. The number of aryl methyl sites for hydroxylation is 1. The minimum absolute atomic E-state index is 0.000990. The molecule has 0 bridgehead atoms. The fourth-order valence-corrected chi connectivity index (χ4v) is 6.44. The molecule has 1 saturated carbocycles. The Hall–Kier alpha value is -2.43. The molecular weight excluding hydrogens is 420 g/mol. The third-order valence-electron chi connectivity index (χ3n) is 8.35. The molecule has 176 valence electrons. The van der Waals surface area contributed by atoms with Crippen LogP contribution in [0.15, 0.2) is 42.5 Å². The van der Waals surface area contributed by atoms with Gasteiger partial charge in [-0.2, -0.15) is 0 Å². The number of alkyl halides is 2. The van der Waals surface area contributed by atoms with Crippen LogP contribution < -0.4 is 4.90 Å². The Bertz CT molecular complexity index is 972. The van der Waals surface area contributed by atoms with Crippen LogP contribution in [0.5, 0.6) is 5.75 Å². The zero-order chi connectivity index (χ0) is 23.0. The van der Waals surface area contributed by atoms with E-state index in [-0.39, 0.29) is 30.4 Å². The van der Waals surface area contributed by atoms with E-state index in [1.165, 1.54) is 22.4 Å². The predicted octanol–water partition coefficient (Wildman–Crippen LogP) is 6.33. The van der Waals surface area contributed by atoms with E-state index in [0.717, 1.165) is 45.1 Å². The van der Waals surface area contributed by atoms with Crippen molar-refractivity contribution in [3.8, 4) is 5.75 Å². The number of fused-ring (bicyclic) bond motifs is 1. The van der Waals surface area contributed by atoms with Crippen molar-refractivity contribution in [1.82, 2.24) is 0 Å². The van der Waals surface area contributed by atoms with E-state index in [2.05, 4.69) is 29.2 Å². The van der Waals surface area contributed by atoms with Crippen molar-refractivity contribution >= 4 is 12.0 Å². The number of nitrogens with zero attached hydrogens (tertiary/aromatic N) is 1. The third kappa shape index (κ3) is 4.64. The summed E-state index contributed by atoms with van der Waals surface area (Å²) in [5.41, 5.74) is 4.83. The zero-order valence-electron chi connectivity index (χ0n) is 19.1. The summed E-state index contributed by atoms with van der Waals surface area (Å²) >= 11 is 0. The van der Waals surface area contributed by atoms with Gasteiger partial charge in [-0.05, 0) is 91.3 Å². The van der Waals surface area contributed by atoms with Gasteiger partial charge < -0.3 is 14.8 Å². The summed E-state index contributed by atoms with van der Waals surface area (Å²) in [7, 11) is 0. The Morgan fingerprint density at radius 1 is 0.939 bits per heavy atom. The van der Waals surface area contributed by atoms with Gasteiger partial charge >= 0.3 is 0 Å². The van der Waals surface area contributed by atoms with Crippen LogP contribution in [0.2, 0.25) is 0 Å². The standard InChI is InChI=1S/C28H33F2NO2/c29-28(30)13-9-20(10-14-28)25-7-3-22-17-24(33)6-8-26(22)27(25)21-1-4-23(5-2-21)31-15-11-19(18-32)12-16-31/h1-2,4-6,8,17-20,25,27,33H,3,7,9-16H2/t25-,27+/m0/s1. The van der Waals surface area contributed by atoms with Crippen molar-refractivity contribution in [3.05, 3.63) is 59.2 Å². The second-order valence-corrected chi connectivity index (χ2v) is 10.3. The molecule has 5 rings (SSSR count). The number of piperidine rings is 1. The summed E-state index contributed by atoms with van der Waals surface area (Å²) in [6, 6.07) is 14.4. The van der Waals surface area contributed by atoms with E-state index in [1.807, 2.05) is 12.1 Å². The maximum atomic E-state index is 13.9. The highest BCUT2D eigenvalue weighted by atomic mass is 19.3. The first-order valence-electron chi connectivity index (χ1n) is 12.4. The van der Waals surface area contributed by atoms with Crippen molar-refractivity contribution in [2.45, 2.75) is 63.2 Å².